The molecule has 4 rings (SSSR count). The van der Waals surface area contributed by atoms with Crippen molar-refractivity contribution in [2.45, 2.75) is 33.3 Å². The first-order valence-corrected chi connectivity index (χ1v) is 9.85. The second-order valence-electron chi connectivity index (χ2n) is 7.23. The van der Waals surface area contributed by atoms with Gasteiger partial charge in [-0.15, -0.1) is 0 Å². The molecule has 0 saturated heterocycles. The quantitative estimate of drug-likeness (QED) is 0.611. The molecule has 0 bridgehead atoms. The number of carbonyl (C=O) groups excluding carboxylic acids is 1. The van der Waals surface area contributed by atoms with Gasteiger partial charge in [0.1, 0.15) is 11.4 Å². The van der Waals surface area contributed by atoms with Crippen molar-refractivity contribution in [3.63, 3.8) is 0 Å². The number of fused-ring (bicyclic) bond motifs is 2. The second-order valence-corrected chi connectivity index (χ2v) is 7.23. The summed E-state index contributed by atoms with van der Waals surface area (Å²) >= 11 is 0. The minimum absolute atomic E-state index is 0.00276. The molecule has 0 saturated carbocycles. The maximum absolute atomic E-state index is 12.7. The van der Waals surface area contributed by atoms with Crippen molar-refractivity contribution in [1.82, 2.24) is 4.98 Å². The molecule has 0 radical (unpaired) electrons. The average molecular weight is 395 g/mol. The number of H-pyrrole nitrogens is 1. The van der Waals surface area contributed by atoms with E-state index in [1.165, 1.54) is 0 Å². The summed E-state index contributed by atoms with van der Waals surface area (Å²) in [6.45, 7) is 6.70. The topological polar surface area (TPSA) is 69.8 Å². The molecule has 29 heavy (non-hydrogen) atoms. The zero-order valence-corrected chi connectivity index (χ0v) is 17.1. The van der Waals surface area contributed by atoms with Crippen molar-refractivity contribution in [2.75, 3.05) is 20.3 Å². The highest BCUT2D eigenvalue weighted by Gasteiger charge is 2.24. The van der Waals surface area contributed by atoms with Gasteiger partial charge in [-0.3, -0.25) is 0 Å². The molecule has 0 fully saturated rings. The molecule has 0 spiro atoms. The lowest BCUT2D eigenvalue weighted by molar-refractivity contribution is 0.0521. The number of ether oxygens (including phenoxy) is 4. The highest BCUT2D eigenvalue weighted by atomic mass is 16.5. The van der Waals surface area contributed by atoms with E-state index in [2.05, 4.69) is 11.1 Å². The molecule has 6 heteroatoms. The van der Waals surface area contributed by atoms with Gasteiger partial charge in [-0.2, -0.15) is 0 Å². The summed E-state index contributed by atoms with van der Waals surface area (Å²) in [5, 5.41) is 0.875. The summed E-state index contributed by atoms with van der Waals surface area (Å²) in [6, 6.07) is 9.79. The summed E-state index contributed by atoms with van der Waals surface area (Å²) in [5.41, 5.74) is 4.07. The van der Waals surface area contributed by atoms with Crippen LogP contribution >= 0.6 is 0 Å². The lowest BCUT2D eigenvalue weighted by Gasteiger charge is -2.14. The Morgan fingerprint density at radius 2 is 2.03 bits per heavy atom. The number of nitrogens with one attached hydrogen (secondary N) is 1. The highest BCUT2D eigenvalue weighted by Crippen LogP contribution is 2.41. The number of hydrogen-bond acceptors (Lipinski definition) is 5. The maximum atomic E-state index is 12.7. The highest BCUT2D eigenvalue weighted by molar-refractivity contribution is 6.09. The first-order valence-electron chi connectivity index (χ1n) is 9.85. The van der Waals surface area contributed by atoms with E-state index < -0.39 is 0 Å². The van der Waals surface area contributed by atoms with Crippen LogP contribution in [-0.4, -0.2) is 37.4 Å². The molecule has 1 N–H and O–H groups in total. The van der Waals surface area contributed by atoms with Gasteiger partial charge in [0.05, 0.1) is 31.9 Å². The predicted octanol–water partition coefficient (Wildman–Crippen LogP) is 4.74. The average Bonchev–Trinajstić information content (AvgIpc) is 3.30. The fourth-order valence-corrected chi connectivity index (χ4v) is 3.71. The van der Waals surface area contributed by atoms with E-state index in [0.717, 1.165) is 39.8 Å². The van der Waals surface area contributed by atoms with Gasteiger partial charge in [0.25, 0.3) is 0 Å². The zero-order valence-electron chi connectivity index (χ0n) is 17.1. The normalized spacial score (nSPS) is 12.7. The van der Waals surface area contributed by atoms with Crippen LogP contribution in [0.5, 0.6) is 17.2 Å². The second kappa shape index (κ2) is 7.70. The smallest absolute Gasteiger partial charge is 0.355 e. The summed E-state index contributed by atoms with van der Waals surface area (Å²) in [4.78, 5) is 16.0. The Labute approximate surface area is 169 Å². The minimum atomic E-state index is -0.388. The van der Waals surface area contributed by atoms with Gasteiger partial charge in [0.15, 0.2) is 11.5 Å². The third kappa shape index (κ3) is 3.50. The molecular formula is C23H25NO5. The van der Waals surface area contributed by atoms with Gasteiger partial charge in [0, 0.05) is 23.4 Å². The van der Waals surface area contributed by atoms with E-state index in [4.69, 9.17) is 18.9 Å². The van der Waals surface area contributed by atoms with E-state index in [0.29, 0.717) is 30.4 Å². The molecule has 6 nitrogen and oxygen atoms in total. The lowest BCUT2D eigenvalue weighted by Crippen LogP contribution is -2.06. The van der Waals surface area contributed by atoms with Crippen LogP contribution in [0.4, 0.5) is 0 Å². The molecule has 0 aliphatic carbocycles. The Morgan fingerprint density at radius 1 is 1.21 bits per heavy atom. The third-order valence-corrected chi connectivity index (χ3v) is 4.90. The number of hydrogen-bond donors (Lipinski definition) is 1. The van der Waals surface area contributed by atoms with Crippen LogP contribution < -0.4 is 14.2 Å². The molecule has 3 aromatic rings. The van der Waals surface area contributed by atoms with Gasteiger partial charge in [-0.05, 0) is 50.1 Å². The Balaban J connectivity index is 1.94. The summed E-state index contributed by atoms with van der Waals surface area (Å²) in [7, 11) is 1.61. The number of rotatable bonds is 6. The molecule has 1 aliphatic heterocycles. The van der Waals surface area contributed by atoms with E-state index >= 15 is 0 Å². The van der Waals surface area contributed by atoms with Crippen molar-refractivity contribution < 1.29 is 23.7 Å². The van der Waals surface area contributed by atoms with E-state index in [9.17, 15) is 4.79 Å². The van der Waals surface area contributed by atoms with Gasteiger partial charge in [-0.1, -0.05) is 6.07 Å². The Hall–Kier alpha value is -3.15. The molecule has 0 amide bonds. The largest absolute Gasteiger partial charge is 0.493 e. The molecule has 2 aromatic carbocycles. The van der Waals surface area contributed by atoms with Crippen molar-refractivity contribution in [2.24, 2.45) is 0 Å². The fourth-order valence-electron chi connectivity index (χ4n) is 3.71. The van der Waals surface area contributed by atoms with Gasteiger partial charge in [-0.25, -0.2) is 4.79 Å². The summed E-state index contributed by atoms with van der Waals surface area (Å²) < 4.78 is 22.4. The van der Waals surface area contributed by atoms with Crippen molar-refractivity contribution in [3.05, 3.63) is 41.6 Å². The first-order chi connectivity index (χ1) is 14.0. The number of aromatic amines is 1. The van der Waals surface area contributed by atoms with Gasteiger partial charge < -0.3 is 23.9 Å². The number of benzene rings is 2. The van der Waals surface area contributed by atoms with Crippen molar-refractivity contribution in [1.29, 1.82) is 0 Å². The number of aromatic nitrogens is 1. The Kier molecular flexibility index (Phi) is 5.09. The molecule has 2 heterocycles. The predicted molar refractivity (Wildman–Crippen MR) is 111 cm³/mol. The standard InChI is InChI=1S/C23H25NO5/c1-5-27-23(25)22-21(15-6-7-18-14(10-15)8-9-28-18)16-11-19(26-4)20(29-13(2)3)12-17(16)24-22/h6-7,10-13,24H,5,8-9H2,1-4H3. The van der Waals surface area contributed by atoms with E-state index in [-0.39, 0.29) is 12.1 Å². The Morgan fingerprint density at radius 3 is 2.76 bits per heavy atom. The SMILES string of the molecule is CCOC(=O)c1[nH]c2cc(OC(C)C)c(OC)cc2c1-c1ccc2c(c1)CCO2. The van der Waals surface area contributed by atoms with Crippen molar-refractivity contribution >= 4 is 16.9 Å². The van der Waals surface area contributed by atoms with Crippen molar-refractivity contribution in [3.8, 4) is 28.4 Å². The summed E-state index contributed by atoms with van der Waals surface area (Å²) in [5.74, 6) is 1.75. The van der Waals surface area contributed by atoms with Crippen LogP contribution in [0.15, 0.2) is 30.3 Å². The van der Waals surface area contributed by atoms with Gasteiger partial charge in [0.2, 0.25) is 0 Å². The van der Waals surface area contributed by atoms with E-state index in [1.54, 1.807) is 14.0 Å². The van der Waals surface area contributed by atoms with E-state index in [1.807, 2.05) is 38.1 Å². The van der Waals surface area contributed by atoms with Crippen LogP contribution in [0, 0.1) is 0 Å². The van der Waals surface area contributed by atoms with Gasteiger partial charge >= 0.3 is 5.97 Å². The first kappa shape index (κ1) is 19.2. The number of carbonyl (C=O) groups is 1. The number of methoxy groups -OCH3 is 1. The Bertz CT molecular complexity index is 1070. The number of esters is 1. The maximum Gasteiger partial charge on any atom is 0.355 e. The molecule has 152 valence electrons. The lowest BCUT2D eigenvalue weighted by atomic mass is 9.98. The van der Waals surface area contributed by atoms with Crippen LogP contribution in [0.3, 0.4) is 0 Å². The fraction of sp³-hybridized carbons (Fsp3) is 0.348. The van der Waals surface area contributed by atoms with Crippen LogP contribution in [0.2, 0.25) is 0 Å². The van der Waals surface area contributed by atoms with Crippen LogP contribution in [0.1, 0.15) is 36.8 Å². The third-order valence-electron chi connectivity index (χ3n) is 4.90. The van der Waals surface area contributed by atoms with Crippen LogP contribution in [-0.2, 0) is 11.2 Å². The minimum Gasteiger partial charge on any atom is -0.493 e. The molecule has 0 atom stereocenters. The van der Waals surface area contributed by atoms with Crippen LogP contribution in [0.25, 0.3) is 22.0 Å². The molecule has 0 unspecified atom stereocenters. The zero-order chi connectivity index (χ0) is 20.5. The molecule has 1 aromatic heterocycles. The monoisotopic (exact) mass is 395 g/mol. The molecule has 1 aliphatic rings. The molecular weight excluding hydrogens is 370 g/mol. The summed E-state index contributed by atoms with van der Waals surface area (Å²) in [6.07, 6.45) is 0.854.